The zero-order chi connectivity index (χ0) is 14.6. The third-order valence-electron chi connectivity index (χ3n) is 3.78. The molecule has 1 aromatic carbocycles. The lowest BCUT2D eigenvalue weighted by Gasteiger charge is -2.26. The smallest absolute Gasteiger partial charge is 0.191 e. The molecule has 0 saturated heterocycles. The zero-order valence-corrected chi connectivity index (χ0v) is 15.3. The molecule has 118 valence electrons. The van der Waals surface area contributed by atoms with Crippen LogP contribution in [0.15, 0.2) is 29.3 Å². The van der Waals surface area contributed by atoms with Crippen molar-refractivity contribution in [3.05, 3.63) is 35.6 Å². The summed E-state index contributed by atoms with van der Waals surface area (Å²) >= 11 is 0. The maximum Gasteiger partial charge on any atom is 0.191 e. The number of rotatable bonds is 5. The van der Waals surface area contributed by atoms with E-state index in [4.69, 9.17) is 0 Å². The first-order chi connectivity index (χ1) is 9.51. The molecule has 0 amide bonds. The molecule has 0 heterocycles. The van der Waals surface area contributed by atoms with Crippen molar-refractivity contribution in [2.24, 2.45) is 10.9 Å². The average molecular weight is 405 g/mol. The summed E-state index contributed by atoms with van der Waals surface area (Å²) in [5, 5.41) is 6.66. The largest absolute Gasteiger partial charge is 0.356 e. The van der Waals surface area contributed by atoms with E-state index in [-0.39, 0.29) is 35.2 Å². The lowest BCUT2D eigenvalue weighted by atomic mass is 9.84. The van der Waals surface area contributed by atoms with Gasteiger partial charge in [-0.25, -0.2) is 4.39 Å². The quantitative estimate of drug-likeness (QED) is 0.448. The van der Waals surface area contributed by atoms with Gasteiger partial charge < -0.3 is 10.6 Å². The first-order valence-corrected chi connectivity index (χ1v) is 7.22. The zero-order valence-electron chi connectivity index (χ0n) is 12.9. The van der Waals surface area contributed by atoms with Gasteiger partial charge in [-0.3, -0.25) is 4.99 Å². The van der Waals surface area contributed by atoms with E-state index in [1.54, 1.807) is 19.2 Å². The fourth-order valence-electron chi connectivity index (χ4n) is 2.10. The van der Waals surface area contributed by atoms with Crippen molar-refractivity contribution in [1.29, 1.82) is 0 Å². The molecule has 1 aromatic rings. The fraction of sp³-hybridized carbons (Fsp3) is 0.562. The number of halogens is 2. The molecule has 21 heavy (non-hydrogen) atoms. The van der Waals surface area contributed by atoms with Gasteiger partial charge in [0.15, 0.2) is 5.96 Å². The molecule has 0 unspecified atom stereocenters. The molecule has 0 aliphatic heterocycles. The summed E-state index contributed by atoms with van der Waals surface area (Å²) in [5.41, 5.74) is 0.835. The maximum absolute atomic E-state index is 13.3. The summed E-state index contributed by atoms with van der Waals surface area (Å²) in [6, 6.07) is 6.79. The lowest BCUT2D eigenvalue weighted by Crippen LogP contribution is -2.44. The van der Waals surface area contributed by atoms with Crippen LogP contribution in [0.4, 0.5) is 4.39 Å². The van der Waals surface area contributed by atoms with Crippen molar-refractivity contribution >= 4 is 29.9 Å². The van der Waals surface area contributed by atoms with Crippen molar-refractivity contribution in [2.45, 2.75) is 32.1 Å². The topological polar surface area (TPSA) is 36.4 Å². The Morgan fingerprint density at radius 2 is 2.05 bits per heavy atom. The van der Waals surface area contributed by atoms with Crippen LogP contribution in [0.1, 0.15) is 32.3 Å². The highest BCUT2D eigenvalue weighted by Gasteiger charge is 2.23. The molecular formula is C16H25FIN3. The Kier molecular flexibility index (Phi) is 6.90. The molecule has 2 N–H and O–H groups in total. The van der Waals surface area contributed by atoms with Gasteiger partial charge in [0.1, 0.15) is 5.82 Å². The summed E-state index contributed by atoms with van der Waals surface area (Å²) in [6.45, 7) is 5.90. The molecule has 1 saturated carbocycles. The van der Waals surface area contributed by atoms with Crippen LogP contribution >= 0.6 is 24.0 Å². The number of hydrogen-bond acceptors (Lipinski definition) is 1. The minimum atomic E-state index is -0.188. The highest BCUT2D eigenvalue weighted by Crippen LogP contribution is 2.27. The van der Waals surface area contributed by atoms with E-state index in [1.165, 1.54) is 18.9 Å². The number of nitrogens with one attached hydrogen (secondary N) is 2. The Bertz CT molecular complexity index is 484. The van der Waals surface area contributed by atoms with Crippen LogP contribution in [-0.2, 0) is 5.41 Å². The van der Waals surface area contributed by atoms with E-state index >= 15 is 0 Å². The number of hydrogen-bond donors (Lipinski definition) is 2. The van der Waals surface area contributed by atoms with Crippen LogP contribution in [0.3, 0.4) is 0 Å². The Morgan fingerprint density at radius 1 is 1.33 bits per heavy atom. The molecular weight excluding hydrogens is 380 g/mol. The van der Waals surface area contributed by atoms with Crippen molar-refractivity contribution < 1.29 is 4.39 Å². The van der Waals surface area contributed by atoms with Crippen molar-refractivity contribution in [1.82, 2.24) is 10.6 Å². The number of nitrogens with zero attached hydrogens (tertiary/aromatic N) is 1. The molecule has 0 aromatic heterocycles. The monoisotopic (exact) mass is 405 g/mol. The van der Waals surface area contributed by atoms with Crippen LogP contribution in [0.2, 0.25) is 0 Å². The normalized spacial score (nSPS) is 15.3. The van der Waals surface area contributed by atoms with Gasteiger partial charge in [-0.15, -0.1) is 24.0 Å². The second kappa shape index (κ2) is 7.96. The van der Waals surface area contributed by atoms with Gasteiger partial charge in [0.05, 0.1) is 0 Å². The van der Waals surface area contributed by atoms with Gasteiger partial charge in [-0.1, -0.05) is 26.0 Å². The summed E-state index contributed by atoms with van der Waals surface area (Å²) in [4.78, 5) is 4.22. The first-order valence-electron chi connectivity index (χ1n) is 7.22. The predicted molar refractivity (Wildman–Crippen MR) is 96.9 cm³/mol. The second-order valence-corrected chi connectivity index (χ2v) is 6.14. The van der Waals surface area contributed by atoms with Gasteiger partial charge >= 0.3 is 0 Å². The van der Waals surface area contributed by atoms with Gasteiger partial charge in [0, 0.05) is 25.6 Å². The number of guanidine groups is 1. The van der Waals surface area contributed by atoms with E-state index < -0.39 is 0 Å². The van der Waals surface area contributed by atoms with Crippen molar-refractivity contribution in [3.8, 4) is 0 Å². The first kappa shape index (κ1) is 18.2. The van der Waals surface area contributed by atoms with E-state index in [9.17, 15) is 4.39 Å². The van der Waals surface area contributed by atoms with Gasteiger partial charge in [0.25, 0.3) is 0 Å². The van der Waals surface area contributed by atoms with Crippen LogP contribution in [0.25, 0.3) is 0 Å². The second-order valence-electron chi connectivity index (χ2n) is 6.14. The Morgan fingerprint density at radius 3 is 2.62 bits per heavy atom. The fourth-order valence-corrected chi connectivity index (χ4v) is 2.10. The molecule has 0 radical (unpaired) electrons. The van der Waals surface area contributed by atoms with E-state index in [0.717, 1.165) is 24.0 Å². The van der Waals surface area contributed by atoms with Gasteiger partial charge in [-0.05, 0) is 36.5 Å². The standard InChI is InChI=1S/C16H24FN3.HI/c1-16(2,13-5-4-6-14(17)9-13)11-20-15(18-3)19-10-12-7-8-12;/h4-6,9,12H,7-8,10-11H2,1-3H3,(H2,18,19,20);1H. The van der Waals surface area contributed by atoms with Gasteiger partial charge in [0.2, 0.25) is 0 Å². The molecule has 0 atom stereocenters. The van der Waals surface area contributed by atoms with Crippen molar-refractivity contribution in [3.63, 3.8) is 0 Å². The maximum atomic E-state index is 13.3. The van der Waals surface area contributed by atoms with E-state index in [2.05, 4.69) is 29.5 Å². The Labute approximate surface area is 143 Å². The van der Waals surface area contributed by atoms with Crippen LogP contribution < -0.4 is 10.6 Å². The van der Waals surface area contributed by atoms with Crippen LogP contribution in [-0.4, -0.2) is 26.1 Å². The summed E-state index contributed by atoms with van der Waals surface area (Å²) in [5.74, 6) is 1.44. The summed E-state index contributed by atoms with van der Waals surface area (Å²) in [6.07, 6.45) is 2.64. The predicted octanol–water partition coefficient (Wildman–Crippen LogP) is 3.30. The van der Waals surface area contributed by atoms with Crippen LogP contribution in [0, 0.1) is 11.7 Å². The molecule has 1 fully saturated rings. The minimum absolute atomic E-state index is 0. The number of benzene rings is 1. The molecule has 5 heteroatoms. The molecule has 0 bridgehead atoms. The number of aliphatic imine (C=N–C) groups is 1. The van der Waals surface area contributed by atoms with Crippen molar-refractivity contribution in [2.75, 3.05) is 20.1 Å². The third-order valence-corrected chi connectivity index (χ3v) is 3.78. The third kappa shape index (κ3) is 5.80. The minimum Gasteiger partial charge on any atom is -0.356 e. The van der Waals surface area contributed by atoms with E-state index in [1.807, 2.05) is 6.07 Å². The SMILES string of the molecule is CN=C(NCC1CC1)NCC(C)(C)c1cccc(F)c1.I. The summed E-state index contributed by atoms with van der Waals surface area (Å²) in [7, 11) is 1.78. The molecule has 1 aliphatic rings. The Balaban J connectivity index is 0.00000220. The molecule has 1 aliphatic carbocycles. The Hall–Kier alpha value is -0.850. The molecule has 0 spiro atoms. The highest BCUT2D eigenvalue weighted by atomic mass is 127. The summed E-state index contributed by atoms with van der Waals surface area (Å²) < 4.78 is 13.3. The van der Waals surface area contributed by atoms with Gasteiger partial charge in [-0.2, -0.15) is 0 Å². The molecule has 3 nitrogen and oxygen atoms in total. The molecule has 2 rings (SSSR count). The van der Waals surface area contributed by atoms with Crippen LogP contribution in [0.5, 0.6) is 0 Å². The van der Waals surface area contributed by atoms with E-state index in [0.29, 0.717) is 6.54 Å². The average Bonchev–Trinajstić information content (AvgIpc) is 3.23. The highest BCUT2D eigenvalue weighted by molar-refractivity contribution is 14.0. The lowest BCUT2D eigenvalue weighted by molar-refractivity contribution is 0.502.